The predicted octanol–water partition coefficient (Wildman–Crippen LogP) is 4.77. The van der Waals surface area contributed by atoms with Gasteiger partial charge < -0.3 is 10.2 Å². The van der Waals surface area contributed by atoms with Crippen LogP contribution in [0.2, 0.25) is 5.02 Å². The first kappa shape index (κ1) is 17.9. The van der Waals surface area contributed by atoms with Gasteiger partial charge in [-0.05, 0) is 49.7 Å². The Morgan fingerprint density at radius 1 is 1.04 bits per heavy atom. The van der Waals surface area contributed by atoms with E-state index in [4.69, 9.17) is 11.6 Å². The summed E-state index contributed by atoms with van der Waals surface area (Å²) < 4.78 is 0. The molecule has 2 aromatic carbocycles. The Bertz CT molecular complexity index is 944. The highest BCUT2D eigenvalue weighted by atomic mass is 35.5. The molecule has 0 aliphatic rings. The van der Waals surface area contributed by atoms with E-state index >= 15 is 0 Å². The van der Waals surface area contributed by atoms with Crippen molar-refractivity contribution >= 4 is 34.7 Å². The van der Waals surface area contributed by atoms with Gasteiger partial charge in [-0.15, -0.1) is 0 Å². The summed E-state index contributed by atoms with van der Waals surface area (Å²) in [6.45, 7) is 3.72. The van der Waals surface area contributed by atoms with Crippen LogP contribution in [0, 0.1) is 13.8 Å². The highest BCUT2D eigenvalue weighted by Crippen LogP contribution is 2.23. The van der Waals surface area contributed by atoms with Gasteiger partial charge >= 0.3 is 0 Å². The van der Waals surface area contributed by atoms with Gasteiger partial charge in [-0.3, -0.25) is 4.79 Å². The fourth-order valence-electron chi connectivity index (χ4n) is 2.59. The summed E-state index contributed by atoms with van der Waals surface area (Å²) in [4.78, 5) is 23.0. The van der Waals surface area contributed by atoms with Gasteiger partial charge in [0.05, 0.1) is 0 Å². The zero-order valence-electron chi connectivity index (χ0n) is 14.8. The quantitative estimate of drug-likeness (QED) is 0.722. The third-order valence-electron chi connectivity index (χ3n) is 3.96. The number of amides is 1. The van der Waals surface area contributed by atoms with Crippen molar-refractivity contribution in [2.75, 3.05) is 17.3 Å². The fraction of sp³-hybridized carbons (Fsp3) is 0.150. The van der Waals surface area contributed by atoms with Crippen molar-refractivity contribution in [2.45, 2.75) is 13.8 Å². The maximum absolute atomic E-state index is 12.8. The second kappa shape index (κ2) is 7.54. The van der Waals surface area contributed by atoms with Crippen LogP contribution in [0.5, 0.6) is 0 Å². The van der Waals surface area contributed by atoms with Gasteiger partial charge in [0.1, 0.15) is 17.3 Å². The van der Waals surface area contributed by atoms with Gasteiger partial charge in [0, 0.05) is 29.5 Å². The molecule has 3 aromatic rings. The molecule has 0 bridgehead atoms. The molecule has 132 valence electrons. The number of para-hydroxylation sites is 1. The largest absolute Gasteiger partial charge is 0.340 e. The van der Waals surface area contributed by atoms with Crippen LogP contribution in [0.3, 0.4) is 0 Å². The molecule has 0 saturated carbocycles. The van der Waals surface area contributed by atoms with Gasteiger partial charge in [-0.2, -0.15) is 0 Å². The van der Waals surface area contributed by atoms with E-state index in [0.29, 0.717) is 22.4 Å². The number of rotatable bonds is 4. The molecule has 5 nitrogen and oxygen atoms in total. The molecule has 0 unspecified atom stereocenters. The fourth-order valence-corrected chi connectivity index (χ4v) is 2.81. The van der Waals surface area contributed by atoms with E-state index in [1.54, 1.807) is 31.0 Å². The molecular weight excluding hydrogens is 348 g/mol. The van der Waals surface area contributed by atoms with Gasteiger partial charge in [0.2, 0.25) is 0 Å². The van der Waals surface area contributed by atoms with Crippen LogP contribution in [0.1, 0.15) is 21.9 Å². The van der Waals surface area contributed by atoms with Crippen LogP contribution in [0.25, 0.3) is 0 Å². The summed E-state index contributed by atoms with van der Waals surface area (Å²) in [5.74, 6) is 0.886. The monoisotopic (exact) mass is 366 g/mol. The molecule has 1 aromatic heterocycles. The van der Waals surface area contributed by atoms with Gasteiger partial charge in [-0.25, -0.2) is 9.97 Å². The lowest BCUT2D eigenvalue weighted by atomic mass is 10.2. The zero-order valence-corrected chi connectivity index (χ0v) is 15.6. The smallest absolute Gasteiger partial charge is 0.276 e. The highest BCUT2D eigenvalue weighted by molar-refractivity contribution is 6.30. The third kappa shape index (κ3) is 4.00. The Hall–Kier alpha value is -2.92. The zero-order chi connectivity index (χ0) is 18.7. The summed E-state index contributed by atoms with van der Waals surface area (Å²) in [7, 11) is 1.73. The van der Waals surface area contributed by atoms with Crippen molar-refractivity contribution < 1.29 is 4.79 Å². The predicted molar refractivity (Wildman–Crippen MR) is 105 cm³/mol. The average Bonchev–Trinajstić information content (AvgIpc) is 2.63. The van der Waals surface area contributed by atoms with Crippen molar-refractivity contribution in [2.24, 2.45) is 0 Å². The summed E-state index contributed by atoms with van der Waals surface area (Å²) in [5.41, 5.74) is 3.00. The molecule has 3 rings (SSSR count). The first-order chi connectivity index (χ1) is 12.4. The molecule has 0 saturated heterocycles. The standard InChI is InChI=1S/C20H19ClN4O/c1-13-11-15(21)9-10-17(13)24-19-12-18(22-14(2)23-19)20(26)25(3)16-7-5-4-6-8-16/h4-12H,1-3H3,(H,22,23,24). The SMILES string of the molecule is Cc1nc(Nc2ccc(Cl)cc2C)cc(C(=O)N(C)c2ccccc2)n1. The lowest BCUT2D eigenvalue weighted by molar-refractivity contribution is 0.0988. The minimum atomic E-state index is -0.197. The Balaban J connectivity index is 1.89. The van der Waals surface area contributed by atoms with Crippen molar-refractivity contribution in [1.82, 2.24) is 9.97 Å². The van der Waals surface area contributed by atoms with Crippen LogP contribution >= 0.6 is 11.6 Å². The Kier molecular flexibility index (Phi) is 5.19. The molecular formula is C20H19ClN4O. The lowest BCUT2D eigenvalue weighted by Crippen LogP contribution is -2.27. The molecule has 0 atom stereocenters. The number of hydrogen-bond acceptors (Lipinski definition) is 4. The maximum Gasteiger partial charge on any atom is 0.276 e. The van der Waals surface area contributed by atoms with Gasteiger partial charge in [0.25, 0.3) is 5.91 Å². The Labute approximate surface area is 157 Å². The number of nitrogens with zero attached hydrogens (tertiary/aromatic N) is 3. The van der Waals surface area contributed by atoms with Crippen molar-refractivity contribution in [1.29, 1.82) is 0 Å². The highest BCUT2D eigenvalue weighted by Gasteiger charge is 2.17. The number of hydrogen-bond donors (Lipinski definition) is 1. The molecule has 0 radical (unpaired) electrons. The normalized spacial score (nSPS) is 10.5. The number of aryl methyl sites for hydroxylation is 2. The summed E-state index contributed by atoms with van der Waals surface area (Å²) in [6, 6.07) is 16.7. The number of nitrogens with one attached hydrogen (secondary N) is 1. The van der Waals surface area contributed by atoms with E-state index < -0.39 is 0 Å². The van der Waals surface area contributed by atoms with Gasteiger partial charge in [-0.1, -0.05) is 29.8 Å². The minimum Gasteiger partial charge on any atom is -0.340 e. The van der Waals surface area contributed by atoms with Crippen molar-refractivity contribution in [3.05, 3.63) is 76.7 Å². The average molecular weight is 367 g/mol. The lowest BCUT2D eigenvalue weighted by Gasteiger charge is -2.17. The van der Waals surface area contributed by atoms with Crippen LogP contribution < -0.4 is 10.2 Å². The number of carbonyl (C=O) groups is 1. The molecule has 26 heavy (non-hydrogen) atoms. The number of aromatic nitrogens is 2. The van der Waals surface area contributed by atoms with E-state index in [9.17, 15) is 4.79 Å². The topological polar surface area (TPSA) is 58.1 Å². The first-order valence-corrected chi connectivity index (χ1v) is 8.54. The number of anilines is 3. The summed E-state index contributed by atoms with van der Waals surface area (Å²) in [5, 5.41) is 3.91. The molecule has 0 spiro atoms. The van der Waals surface area contributed by atoms with E-state index in [1.165, 1.54) is 0 Å². The molecule has 0 fully saturated rings. The maximum atomic E-state index is 12.8. The van der Waals surface area contributed by atoms with Crippen LogP contribution in [-0.2, 0) is 0 Å². The van der Waals surface area contributed by atoms with E-state index in [0.717, 1.165) is 16.9 Å². The number of carbonyl (C=O) groups excluding carboxylic acids is 1. The summed E-state index contributed by atoms with van der Waals surface area (Å²) in [6.07, 6.45) is 0. The first-order valence-electron chi connectivity index (χ1n) is 8.16. The van der Waals surface area contributed by atoms with E-state index in [2.05, 4.69) is 15.3 Å². The van der Waals surface area contributed by atoms with Crippen LogP contribution in [0.4, 0.5) is 17.2 Å². The van der Waals surface area contributed by atoms with Gasteiger partial charge in [0.15, 0.2) is 0 Å². The second-order valence-electron chi connectivity index (χ2n) is 5.97. The molecule has 0 aliphatic carbocycles. The molecule has 1 heterocycles. The van der Waals surface area contributed by atoms with Crippen LogP contribution in [0.15, 0.2) is 54.6 Å². The third-order valence-corrected chi connectivity index (χ3v) is 4.19. The molecule has 1 amide bonds. The van der Waals surface area contributed by atoms with E-state index in [1.807, 2.05) is 49.4 Å². The Morgan fingerprint density at radius 3 is 2.46 bits per heavy atom. The van der Waals surface area contributed by atoms with Crippen molar-refractivity contribution in [3.8, 4) is 0 Å². The van der Waals surface area contributed by atoms with E-state index in [-0.39, 0.29) is 5.91 Å². The second-order valence-corrected chi connectivity index (χ2v) is 6.41. The van der Waals surface area contributed by atoms with Crippen LogP contribution in [-0.4, -0.2) is 22.9 Å². The minimum absolute atomic E-state index is 0.197. The Morgan fingerprint density at radius 2 is 1.77 bits per heavy atom. The molecule has 1 N–H and O–H groups in total. The molecule has 6 heteroatoms. The summed E-state index contributed by atoms with van der Waals surface area (Å²) >= 11 is 6.00. The number of halogens is 1. The van der Waals surface area contributed by atoms with Crippen molar-refractivity contribution in [3.63, 3.8) is 0 Å². The molecule has 0 aliphatic heterocycles. The number of benzene rings is 2.